The minimum Gasteiger partial charge on any atom is -0.478 e. The number of carbonyl (C=O) groups is 2. The van der Waals surface area contributed by atoms with E-state index in [0.717, 1.165) is 15.6 Å². The van der Waals surface area contributed by atoms with E-state index in [1.807, 2.05) is 54.6 Å². The topological polar surface area (TPSA) is 78.4 Å². The van der Waals surface area contributed by atoms with Crippen molar-refractivity contribution in [1.29, 1.82) is 0 Å². The lowest BCUT2D eigenvalue weighted by molar-refractivity contribution is 0.0699. The largest absolute Gasteiger partial charge is 0.478 e. The molecule has 1 heterocycles. The fourth-order valence-electron chi connectivity index (χ4n) is 2.42. The van der Waals surface area contributed by atoms with Gasteiger partial charge in [0.1, 0.15) is 5.56 Å². The molecule has 0 atom stereocenters. The van der Waals surface area contributed by atoms with Crippen LogP contribution < -0.4 is 10.6 Å². The van der Waals surface area contributed by atoms with E-state index in [1.54, 1.807) is 5.38 Å². The van der Waals surface area contributed by atoms with Crippen LogP contribution in [0.4, 0.5) is 10.5 Å². The molecule has 7 heteroatoms. The second kappa shape index (κ2) is 8.16. The average Bonchev–Trinajstić information content (AvgIpc) is 3.05. The molecular formula is C19H15BrN2O3S. The zero-order valence-electron chi connectivity index (χ0n) is 13.5. The maximum atomic E-state index is 12.1. The molecule has 5 nitrogen and oxygen atoms in total. The Morgan fingerprint density at radius 3 is 2.38 bits per heavy atom. The Morgan fingerprint density at radius 1 is 1.04 bits per heavy atom. The van der Waals surface area contributed by atoms with Crippen LogP contribution in [-0.2, 0) is 6.54 Å². The smallest absolute Gasteiger partial charge is 0.339 e. The van der Waals surface area contributed by atoms with Crippen LogP contribution in [-0.4, -0.2) is 17.1 Å². The van der Waals surface area contributed by atoms with Gasteiger partial charge in [-0.25, -0.2) is 9.59 Å². The predicted molar refractivity (Wildman–Crippen MR) is 107 cm³/mol. The fraction of sp³-hybridized carbons (Fsp3) is 0.0526. The van der Waals surface area contributed by atoms with Gasteiger partial charge in [-0.2, -0.15) is 0 Å². The molecule has 0 saturated heterocycles. The lowest BCUT2D eigenvalue weighted by Gasteiger charge is -2.08. The van der Waals surface area contributed by atoms with Crippen molar-refractivity contribution in [2.75, 3.05) is 5.32 Å². The van der Waals surface area contributed by atoms with Gasteiger partial charge in [-0.15, -0.1) is 11.3 Å². The normalized spacial score (nSPS) is 10.3. The lowest BCUT2D eigenvalue weighted by Crippen LogP contribution is -2.28. The van der Waals surface area contributed by atoms with Crippen molar-refractivity contribution in [3.05, 3.63) is 75.6 Å². The number of amides is 2. The number of rotatable bonds is 5. The molecule has 2 aromatic carbocycles. The van der Waals surface area contributed by atoms with E-state index in [4.69, 9.17) is 0 Å². The molecule has 132 valence electrons. The lowest BCUT2D eigenvalue weighted by atomic mass is 10.1. The fourth-order valence-corrected chi connectivity index (χ4v) is 3.68. The SMILES string of the molecule is O=C(NCc1ccccc1)Nc1csc(-c2ccc(Br)cc2)c1C(=O)O. The second-order valence-corrected chi connectivity index (χ2v) is 7.25. The van der Waals surface area contributed by atoms with Crippen molar-refractivity contribution < 1.29 is 14.7 Å². The van der Waals surface area contributed by atoms with Crippen LogP contribution in [0.15, 0.2) is 64.5 Å². The summed E-state index contributed by atoms with van der Waals surface area (Å²) in [5, 5.41) is 16.6. The highest BCUT2D eigenvalue weighted by molar-refractivity contribution is 9.10. The summed E-state index contributed by atoms with van der Waals surface area (Å²) in [4.78, 5) is 24.5. The highest BCUT2D eigenvalue weighted by atomic mass is 79.9. The number of anilines is 1. The summed E-state index contributed by atoms with van der Waals surface area (Å²) in [7, 11) is 0. The van der Waals surface area contributed by atoms with Gasteiger partial charge in [0.2, 0.25) is 0 Å². The molecule has 3 rings (SSSR count). The molecule has 3 aromatic rings. The van der Waals surface area contributed by atoms with Gasteiger partial charge in [0.15, 0.2) is 0 Å². The van der Waals surface area contributed by atoms with Crippen LogP contribution >= 0.6 is 27.3 Å². The first-order valence-corrected chi connectivity index (χ1v) is 9.41. The van der Waals surface area contributed by atoms with Gasteiger partial charge in [0.05, 0.1) is 10.6 Å². The number of carboxylic acid groups (broad SMARTS) is 1. The maximum Gasteiger partial charge on any atom is 0.339 e. The van der Waals surface area contributed by atoms with Crippen molar-refractivity contribution in [2.24, 2.45) is 0 Å². The highest BCUT2D eigenvalue weighted by Gasteiger charge is 2.21. The number of carboxylic acids is 1. The van der Waals surface area contributed by atoms with E-state index in [-0.39, 0.29) is 11.3 Å². The van der Waals surface area contributed by atoms with Crippen LogP contribution in [0.1, 0.15) is 15.9 Å². The second-order valence-electron chi connectivity index (χ2n) is 5.46. The van der Waals surface area contributed by atoms with Gasteiger partial charge >= 0.3 is 12.0 Å². The van der Waals surface area contributed by atoms with E-state index in [9.17, 15) is 14.7 Å². The Labute approximate surface area is 162 Å². The molecular weight excluding hydrogens is 416 g/mol. The number of hydrogen-bond acceptors (Lipinski definition) is 3. The van der Waals surface area contributed by atoms with Gasteiger partial charge in [0, 0.05) is 16.4 Å². The molecule has 0 fully saturated rings. The first-order chi connectivity index (χ1) is 12.5. The van der Waals surface area contributed by atoms with Crippen molar-refractivity contribution in [3.63, 3.8) is 0 Å². The Morgan fingerprint density at radius 2 is 1.73 bits per heavy atom. The van der Waals surface area contributed by atoms with Crippen molar-refractivity contribution in [1.82, 2.24) is 5.32 Å². The van der Waals surface area contributed by atoms with Crippen LogP contribution in [0, 0.1) is 0 Å². The zero-order valence-corrected chi connectivity index (χ0v) is 15.9. The standard InChI is InChI=1S/C19H15BrN2O3S/c20-14-8-6-13(7-9-14)17-16(18(23)24)15(11-26-17)22-19(25)21-10-12-4-2-1-3-5-12/h1-9,11H,10H2,(H,23,24)(H2,21,22,25). The number of hydrogen-bond donors (Lipinski definition) is 3. The third-order valence-electron chi connectivity index (χ3n) is 3.66. The summed E-state index contributed by atoms with van der Waals surface area (Å²) in [5.74, 6) is -1.08. The molecule has 0 unspecified atom stereocenters. The summed E-state index contributed by atoms with van der Waals surface area (Å²) >= 11 is 4.64. The van der Waals surface area contributed by atoms with E-state index >= 15 is 0 Å². The number of nitrogens with one attached hydrogen (secondary N) is 2. The molecule has 0 spiro atoms. The molecule has 0 aliphatic carbocycles. The summed E-state index contributed by atoms with van der Waals surface area (Å²) in [6.45, 7) is 0.360. The number of benzene rings is 2. The Hall–Kier alpha value is -2.64. The third-order valence-corrected chi connectivity index (χ3v) is 5.21. The average molecular weight is 431 g/mol. The minimum atomic E-state index is -1.08. The molecule has 1 aromatic heterocycles. The third kappa shape index (κ3) is 4.30. The van der Waals surface area contributed by atoms with Gasteiger partial charge in [-0.3, -0.25) is 0 Å². The van der Waals surface area contributed by atoms with Gasteiger partial charge in [0.25, 0.3) is 0 Å². The first kappa shape index (κ1) is 18.2. The first-order valence-electron chi connectivity index (χ1n) is 7.74. The number of carbonyl (C=O) groups excluding carboxylic acids is 1. The number of thiophene rings is 1. The minimum absolute atomic E-state index is 0.0900. The summed E-state index contributed by atoms with van der Waals surface area (Å²) in [5.41, 5.74) is 2.12. The van der Waals surface area contributed by atoms with Crippen LogP contribution in [0.2, 0.25) is 0 Å². The predicted octanol–water partition coefficient (Wildman–Crippen LogP) is 5.20. The zero-order chi connectivity index (χ0) is 18.5. The van der Waals surface area contributed by atoms with Crippen molar-refractivity contribution >= 4 is 45.0 Å². The highest BCUT2D eigenvalue weighted by Crippen LogP contribution is 2.36. The van der Waals surface area contributed by atoms with Gasteiger partial charge < -0.3 is 15.7 Å². The van der Waals surface area contributed by atoms with Gasteiger partial charge in [-0.1, -0.05) is 58.4 Å². The molecule has 2 amide bonds. The van der Waals surface area contributed by atoms with Crippen molar-refractivity contribution in [2.45, 2.75) is 6.54 Å². The number of urea groups is 1. The molecule has 26 heavy (non-hydrogen) atoms. The molecule has 0 aliphatic rings. The van der Waals surface area contributed by atoms with E-state index in [2.05, 4.69) is 26.6 Å². The molecule has 0 aliphatic heterocycles. The van der Waals surface area contributed by atoms with E-state index in [1.165, 1.54) is 11.3 Å². The van der Waals surface area contributed by atoms with Crippen LogP contribution in [0.3, 0.4) is 0 Å². The summed E-state index contributed by atoms with van der Waals surface area (Å²) in [6, 6.07) is 16.4. The van der Waals surface area contributed by atoms with Crippen molar-refractivity contribution in [3.8, 4) is 10.4 Å². The monoisotopic (exact) mass is 430 g/mol. The van der Waals surface area contributed by atoms with Gasteiger partial charge in [-0.05, 0) is 23.3 Å². The Balaban J connectivity index is 1.76. The Kier molecular flexibility index (Phi) is 5.70. The molecule has 0 saturated carbocycles. The van der Waals surface area contributed by atoms with E-state index < -0.39 is 12.0 Å². The number of aromatic carboxylic acids is 1. The van der Waals surface area contributed by atoms with E-state index in [0.29, 0.717) is 11.4 Å². The summed E-state index contributed by atoms with van der Waals surface area (Å²) in [6.07, 6.45) is 0. The van der Waals surface area contributed by atoms with Crippen LogP contribution in [0.5, 0.6) is 0 Å². The van der Waals surface area contributed by atoms with Crippen LogP contribution in [0.25, 0.3) is 10.4 Å². The summed E-state index contributed by atoms with van der Waals surface area (Å²) < 4.78 is 0.910. The molecule has 0 bridgehead atoms. The molecule has 0 radical (unpaired) electrons. The maximum absolute atomic E-state index is 12.1. The Bertz CT molecular complexity index is 924. The molecule has 3 N–H and O–H groups in total. The number of halogens is 1. The quantitative estimate of drug-likeness (QED) is 0.520.